The number of rotatable bonds is 2. The van der Waals surface area contributed by atoms with Gasteiger partial charge in [-0.2, -0.15) is 0 Å². The molecular weight excluding hydrogens is 214 g/mol. The van der Waals surface area contributed by atoms with Crippen molar-refractivity contribution in [2.24, 2.45) is 0 Å². The summed E-state index contributed by atoms with van der Waals surface area (Å²) in [4.78, 5) is 34.7. The molecule has 1 aliphatic heterocycles. The van der Waals surface area contributed by atoms with Crippen molar-refractivity contribution in [2.75, 3.05) is 20.3 Å². The van der Waals surface area contributed by atoms with Gasteiger partial charge < -0.3 is 14.4 Å². The highest BCUT2D eigenvalue weighted by Crippen LogP contribution is 2.17. The Labute approximate surface area is 93.5 Å². The lowest BCUT2D eigenvalue weighted by molar-refractivity contribution is -0.159. The van der Waals surface area contributed by atoms with Crippen molar-refractivity contribution in [1.29, 1.82) is 0 Å². The third-order valence-electron chi connectivity index (χ3n) is 2.48. The first-order valence-electron chi connectivity index (χ1n) is 5.08. The van der Waals surface area contributed by atoms with Gasteiger partial charge in [0.25, 0.3) is 0 Å². The predicted octanol–water partition coefficient (Wildman–Crippen LogP) is -0.287. The molecule has 1 fully saturated rings. The number of hydrogen-bond acceptors (Lipinski definition) is 5. The fourth-order valence-corrected chi connectivity index (χ4v) is 1.69. The van der Waals surface area contributed by atoms with E-state index in [-0.39, 0.29) is 12.6 Å². The molecule has 0 aromatic heterocycles. The van der Waals surface area contributed by atoms with Crippen LogP contribution in [0.4, 0.5) is 0 Å². The second-order valence-corrected chi connectivity index (χ2v) is 3.59. The number of methoxy groups -OCH3 is 1. The molecule has 0 saturated carbocycles. The van der Waals surface area contributed by atoms with Crippen molar-refractivity contribution in [2.45, 2.75) is 25.8 Å². The molecule has 1 aliphatic rings. The molecule has 0 aliphatic carbocycles. The van der Waals surface area contributed by atoms with Crippen LogP contribution < -0.4 is 0 Å². The maximum Gasteiger partial charge on any atom is 0.396 e. The summed E-state index contributed by atoms with van der Waals surface area (Å²) < 4.78 is 9.20. The second-order valence-electron chi connectivity index (χ2n) is 3.59. The zero-order chi connectivity index (χ0) is 12.1. The summed E-state index contributed by atoms with van der Waals surface area (Å²) in [5, 5.41) is 0. The lowest BCUT2D eigenvalue weighted by Gasteiger charge is -2.22. The molecule has 90 valence electrons. The number of esters is 2. The van der Waals surface area contributed by atoms with Gasteiger partial charge in [0.15, 0.2) is 0 Å². The minimum absolute atomic E-state index is 0.137. The van der Waals surface area contributed by atoms with Crippen molar-refractivity contribution < 1.29 is 23.9 Å². The second kappa shape index (κ2) is 5.48. The molecule has 6 heteroatoms. The molecule has 0 bridgehead atoms. The highest BCUT2D eigenvalue weighted by atomic mass is 16.5. The van der Waals surface area contributed by atoms with Gasteiger partial charge in [0.1, 0.15) is 6.61 Å². The largest absolute Gasteiger partial charge is 0.464 e. The van der Waals surface area contributed by atoms with Gasteiger partial charge in [-0.25, -0.2) is 4.79 Å². The van der Waals surface area contributed by atoms with Crippen LogP contribution in [0.3, 0.4) is 0 Å². The Kier molecular flexibility index (Phi) is 4.28. The fourth-order valence-electron chi connectivity index (χ4n) is 1.69. The van der Waals surface area contributed by atoms with Gasteiger partial charge in [0, 0.05) is 13.5 Å². The molecule has 6 nitrogen and oxygen atoms in total. The van der Waals surface area contributed by atoms with Crippen LogP contribution in [0.2, 0.25) is 0 Å². The average molecular weight is 229 g/mol. The molecular formula is C10H15NO5. The monoisotopic (exact) mass is 229 g/mol. The maximum absolute atomic E-state index is 11.5. The van der Waals surface area contributed by atoms with Crippen LogP contribution in [0, 0.1) is 0 Å². The number of carbonyl (C=O) groups excluding carboxylic acids is 3. The van der Waals surface area contributed by atoms with E-state index in [1.165, 1.54) is 11.8 Å². The highest BCUT2D eigenvalue weighted by molar-refractivity contribution is 6.32. The highest BCUT2D eigenvalue weighted by Gasteiger charge is 2.33. The van der Waals surface area contributed by atoms with E-state index in [2.05, 4.69) is 4.74 Å². The third kappa shape index (κ3) is 2.95. The van der Waals surface area contributed by atoms with Crippen LogP contribution in [-0.4, -0.2) is 49.0 Å². The van der Waals surface area contributed by atoms with E-state index >= 15 is 0 Å². The first-order chi connectivity index (χ1) is 7.56. The Hall–Kier alpha value is -1.59. The van der Waals surface area contributed by atoms with Gasteiger partial charge in [-0.3, -0.25) is 9.59 Å². The summed E-state index contributed by atoms with van der Waals surface area (Å²) in [5.41, 5.74) is 0. The van der Waals surface area contributed by atoms with E-state index in [1.807, 2.05) is 0 Å². The van der Waals surface area contributed by atoms with Gasteiger partial charge >= 0.3 is 17.8 Å². The van der Waals surface area contributed by atoms with E-state index in [9.17, 15) is 14.4 Å². The number of nitrogens with zero attached hydrogens (tertiary/aromatic N) is 1. The van der Waals surface area contributed by atoms with E-state index in [0.29, 0.717) is 6.54 Å². The normalized spacial score (nSPS) is 19.4. The Morgan fingerprint density at radius 3 is 2.62 bits per heavy atom. The first kappa shape index (κ1) is 12.5. The molecule has 0 unspecified atom stereocenters. The van der Waals surface area contributed by atoms with E-state index in [1.54, 1.807) is 0 Å². The number of likely N-dealkylation sites (tertiary alicyclic amines) is 1. The number of carbonyl (C=O) groups is 3. The fraction of sp³-hybridized carbons (Fsp3) is 0.700. The van der Waals surface area contributed by atoms with Gasteiger partial charge in [-0.05, 0) is 12.8 Å². The SMILES string of the molecule is COC(=O)C(=O)N1CCC[C@H]1COC(C)=O. The van der Waals surface area contributed by atoms with E-state index in [0.717, 1.165) is 20.0 Å². The van der Waals surface area contributed by atoms with E-state index < -0.39 is 17.8 Å². The standard InChI is InChI=1S/C10H15NO5/c1-7(12)16-6-8-4-3-5-11(8)9(13)10(14)15-2/h8H,3-6H2,1-2H3/t8-/m0/s1. The van der Waals surface area contributed by atoms with Crippen LogP contribution in [0.5, 0.6) is 0 Å². The van der Waals surface area contributed by atoms with Crippen LogP contribution in [0.1, 0.15) is 19.8 Å². The quantitative estimate of drug-likeness (QED) is 0.480. The van der Waals surface area contributed by atoms with Gasteiger partial charge in [-0.1, -0.05) is 0 Å². The summed E-state index contributed by atoms with van der Waals surface area (Å²) in [6.45, 7) is 1.94. The molecule has 1 atom stereocenters. The Morgan fingerprint density at radius 1 is 1.38 bits per heavy atom. The average Bonchev–Trinajstić information content (AvgIpc) is 2.72. The van der Waals surface area contributed by atoms with Gasteiger partial charge in [-0.15, -0.1) is 0 Å². The van der Waals surface area contributed by atoms with E-state index in [4.69, 9.17) is 4.74 Å². The van der Waals surface area contributed by atoms with Gasteiger partial charge in [0.05, 0.1) is 13.2 Å². The summed E-state index contributed by atoms with van der Waals surface area (Å²) in [6.07, 6.45) is 1.53. The first-order valence-corrected chi connectivity index (χ1v) is 5.08. The van der Waals surface area contributed by atoms with Gasteiger partial charge in [0.2, 0.25) is 0 Å². The zero-order valence-electron chi connectivity index (χ0n) is 9.39. The molecule has 0 spiro atoms. The van der Waals surface area contributed by atoms with Crippen molar-refractivity contribution in [3.05, 3.63) is 0 Å². The zero-order valence-corrected chi connectivity index (χ0v) is 9.39. The topological polar surface area (TPSA) is 72.9 Å². The molecule has 16 heavy (non-hydrogen) atoms. The van der Waals surface area contributed by atoms with Crippen molar-refractivity contribution >= 4 is 17.8 Å². The summed E-state index contributed by atoms with van der Waals surface area (Å²) in [5.74, 6) is -1.94. The smallest absolute Gasteiger partial charge is 0.396 e. The summed E-state index contributed by atoms with van der Waals surface area (Å²) in [7, 11) is 1.16. The Morgan fingerprint density at radius 2 is 2.06 bits per heavy atom. The lowest BCUT2D eigenvalue weighted by atomic mass is 10.2. The number of amides is 1. The van der Waals surface area contributed by atoms with Crippen LogP contribution in [0.15, 0.2) is 0 Å². The Balaban J connectivity index is 2.54. The van der Waals surface area contributed by atoms with Crippen molar-refractivity contribution in [1.82, 2.24) is 4.90 Å². The molecule has 0 aromatic carbocycles. The molecule has 1 heterocycles. The minimum atomic E-state index is -0.880. The summed E-state index contributed by atoms with van der Waals surface area (Å²) >= 11 is 0. The van der Waals surface area contributed by atoms with Crippen LogP contribution in [0.25, 0.3) is 0 Å². The summed E-state index contributed by atoms with van der Waals surface area (Å²) in [6, 6.07) is -0.213. The van der Waals surface area contributed by atoms with Crippen molar-refractivity contribution in [3.63, 3.8) is 0 Å². The van der Waals surface area contributed by atoms with Crippen molar-refractivity contribution in [3.8, 4) is 0 Å². The molecule has 1 saturated heterocycles. The molecule has 0 aromatic rings. The number of ether oxygens (including phenoxy) is 2. The molecule has 0 radical (unpaired) electrons. The Bertz CT molecular complexity index is 302. The third-order valence-corrected chi connectivity index (χ3v) is 2.48. The van der Waals surface area contributed by atoms with Crippen LogP contribution in [-0.2, 0) is 23.9 Å². The minimum Gasteiger partial charge on any atom is -0.464 e. The maximum atomic E-state index is 11.5. The lowest BCUT2D eigenvalue weighted by Crippen LogP contribution is -2.42. The molecule has 1 amide bonds. The predicted molar refractivity (Wildman–Crippen MR) is 53.4 cm³/mol. The number of hydrogen-bond donors (Lipinski definition) is 0. The molecule has 0 N–H and O–H groups in total. The van der Waals surface area contributed by atoms with Crippen LogP contribution >= 0.6 is 0 Å². The molecule has 1 rings (SSSR count).